The molecule has 9 heteroatoms. The Balaban J connectivity index is 2.04. The van der Waals surface area contributed by atoms with Gasteiger partial charge in [-0.3, -0.25) is 9.59 Å². The summed E-state index contributed by atoms with van der Waals surface area (Å²) in [6.07, 6.45) is 0.721. The molecule has 0 saturated carbocycles. The molecule has 0 aromatic heterocycles. The first-order valence-electron chi connectivity index (χ1n) is 13.7. The number of nitrogens with zero attached hydrogens (tertiary/aromatic N) is 1. The topological polar surface area (TPSA) is 128 Å². The second kappa shape index (κ2) is 14.2. The number of hydrogen-bond donors (Lipinski definition) is 4. The highest BCUT2D eigenvalue weighted by molar-refractivity contribution is 5.93. The summed E-state index contributed by atoms with van der Waals surface area (Å²) in [5.74, 6) is -1.17. The summed E-state index contributed by atoms with van der Waals surface area (Å²) in [6, 6.07) is 18.2. The third kappa shape index (κ3) is 8.86. The Morgan fingerprint density at radius 2 is 1.62 bits per heavy atom. The van der Waals surface area contributed by atoms with Crippen molar-refractivity contribution in [2.24, 2.45) is 0 Å². The number of carbonyl (C=O) groups is 3. The summed E-state index contributed by atoms with van der Waals surface area (Å²) < 4.78 is 5.43. The Hall–Kier alpha value is -4.79. The van der Waals surface area contributed by atoms with E-state index in [4.69, 9.17) is 4.74 Å². The van der Waals surface area contributed by atoms with E-state index >= 15 is 0 Å². The van der Waals surface area contributed by atoms with Crippen LogP contribution in [0.5, 0.6) is 11.5 Å². The van der Waals surface area contributed by atoms with Gasteiger partial charge >= 0.3 is 6.09 Å². The fraction of sp³-hybridized carbons (Fsp3) is 0.303. The lowest BCUT2D eigenvalue weighted by Gasteiger charge is -2.34. The average molecular weight is 574 g/mol. The molecule has 3 rings (SSSR count). The second-order valence-electron chi connectivity index (χ2n) is 11.0. The number of hydrogen-bond acceptors (Lipinski definition) is 6. The van der Waals surface area contributed by atoms with Crippen LogP contribution in [0.25, 0.3) is 0 Å². The van der Waals surface area contributed by atoms with Gasteiger partial charge in [-0.15, -0.1) is 6.58 Å². The molecule has 0 spiro atoms. The lowest BCUT2D eigenvalue weighted by atomic mass is 9.98. The number of para-hydroxylation sites is 1. The Labute approximate surface area is 246 Å². The number of alkyl carbamates (subject to hydrolysis) is 1. The molecule has 2 atom stereocenters. The second-order valence-corrected chi connectivity index (χ2v) is 11.0. The van der Waals surface area contributed by atoms with E-state index in [9.17, 15) is 24.6 Å². The Morgan fingerprint density at radius 1 is 0.952 bits per heavy atom. The van der Waals surface area contributed by atoms with Crippen LogP contribution < -0.4 is 10.6 Å². The van der Waals surface area contributed by atoms with Gasteiger partial charge in [-0.05, 0) is 56.5 Å². The summed E-state index contributed by atoms with van der Waals surface area (Å²) >= 11 is 0. The molecule has 9 nitrogen and oxygen atoms in total. The number of aromatic hydroxyl groups is 2. The van der Waals surface area contributed by atoms with E-state index in [1.54, 1.807) is 58.0 Å². The molecule has 0 radical (unpaired) electrons. The zero-order valence-corrected chi connectivity index (χ0v) is 24.5. The van der Waals surface area contributed by atoms with E-state index in [0.29, 0.717) is 11.1 Å². The van der Waals surface area contributed by atoms with Crippen LogP contribution in [0, 0.1) is 6.92 Å². The van der Waals surface area contributed by atoms with Crippen LogP contribution in [-0.4, -0.2) is 51.2 Å². The maximum atomic E-state index is 14.3. The molecule has 0 heterocycles. The Kier molecular flexibility index (Phi) is 10.7. The molecule has 0 aliphatic rings. The van der Waals surface area contributed by atoms with Crippen molar-refractivity contribution in [2.75, 3.05) is 6.54 Å². The third-order valence-corrected chi connectivity index (χ3v) is 6.41. The van der Waals surface area contributed by atoms with E-state index in [1.165, 1.54) is 23.1 Å². The van der Waals surface area contributed by atoms with Crippen molar-refractivity contribution in [3.8, 4) is 11.5 Å². The molecular weight excluding hydrogens is 534 g/mol. The predicted molar refractivity (Wildman–Crippen MR) is 161 cm³/mol. The first kappa shape index (κ1) is 31.7. The molecule has 0 aliphatic carbocycles. The molecule has 2 unspecified atom stereocenters. The van der Waals surface area contributed by atoms with E-state index in [-0.39, 0.29) is 36.6 Å². The van der Waals surface area contributed by atoms with E-state index in [0.717, 1.165) is 5.56 Å². The monoisotopic (exact) mass is 573 g/mol. The lowest BCUT2D eigenvalue weighted by molar-refractivity contribution is -0.142. The number of phenolic OH excluding ortho intramolecular Hbond substituents is 2. The molecule has 42 heavy (non-hydrogen) atoms. The fourth-order valence-electron chi connectivity index (χ4n) is 4.41. The van der Waals surface area contributed by atoms with E-state index in [1.807, 2.05) is 30.3 Å². The summed E-state index contributed by atoms with van der Waals surface area (Å²) in [6.45, 7) is 10.8. The maximum Gasteiger partial charge on any atom is 0.408 e. The molecular formula is C33H39N3O6. The smallest absolute Gasteiger partial charge is 0.408 e. The van der Waals surface area contributed by atoms with Crippen molar-refractivity contribution in [3.05, 3.63) is 108 Å². The molecule has 3 amide bonds. The predicted octanol–water partition coefficient (Wildman–Crippen LogP) is 4.91. The van der Waals surface area contributed by atoms with Crippen LogP contribution in [0.3, 0.4) is 0 Å². The zero-order chi connectivity index (χ0) is 30.9. The highest BCUT2D eigenvalue weighted by Crippen LogP contribution is 2.32. The summed E-state index contributed by atoms with van der Waals surface area (Å²) in [5.41, 5.74) is 1.47. The van der Waals surface area contributed by atoms with Crippen LogP contribution in [0.1, 0.15) is 49.1 Å². The number of nitrogens with one attached hydrogen (secondary N) is 2. The van der Waals surface area contributed by atoms with Crippen LogP contribution >= 0.6 is 0 Å². The summed E-state index contributed by atoms with van der Waals surface area (Å²) in [4.78, 5) is 42.3. The normalized spacial score (nSPS) is 12.5. The molecule has 4 N–H and O–H groups in total. The summed E-state index contributed by atoms with van der Waals surface area (Å²) in [5, 5.41) is 26.3. The third-order valence-electron chi connectivity index (χ3n) is 6.41. The quantitative estimate of drug-likeness (QED) is 0.241. The van der Waals surface area contributed by atoms with Gasteiger partial charge in [0.25, 0.3) is 0 Å². The fourth-order valence-corrected chi connectivity index (χ4v) is 4.41. The molecule has 3 aromatic carbocycles. The van der Waals surface area contributed by atoms with Gasteiger partial charge in [0.1, 0.15) is 29.2 Å². The number of carbonyl (C=O) groups excluding carboxylic acids is 3. The minimum absolute atomic E-state index is 0.0458. The maximum absolute atomic E-state index is 14.3. The number of rotatable bonds is 11. The largest absolute Gasteiger partial charge is 0.508 e. The number of aryl methyl sites for hydroxylation is 1. The van der Waals surface area contributed by atoms with Crippen molar-refractivity contribution < 1.29 is 29.3 Å². The highest BCUT2D eigenvalue weighted by Gasteiger charge is 2.37. The minimum Gasteiger partial charge on any atom is -0.508 e. The van der Waals surface area contributed by atoms with Crippen LogP contribution in [0.4, 0.5) is 4.79 Å². The van der Waals surface area contributed by atoms with Gasteiger partial charge in [-0.25, -0.2) is 4.79 Å². The van der Waals surface area contributed by atoms with Crippen molar-refractivity contribution in [2.45, 2.75) is 58.3 Å². The van der Waals surface area contributed by atoms with Crippen molar-refractivity contribution in [1.82, 2.24) is 15.5 Å². The van der Waals surface area contributed by atoms with E-state index in [2.05, 4.69) is 17.2 Å². The number of ether oxygens (including phenoxy) is 1. The molecule has 3 aromatic rings. The molecule has 0 aliphatic heterocycles. The number of benzene rings is 3. The van der Waals surface area contributed by atoms with Crippen LogP contribution in [0.2, 0.25) is 0 Å². The Bertz CT molecular complexity index is 1380. The first-order chi connectivity index (χ1) is 19.9. The zero-order valence-electron chi connectivity index (χ0n) is 24.5. The van der Waals surface area contributed by atoms with Crippen molar-refractivity contribution in [3.63, 3.8) is 0 Å². The van der Waals surface area contributed by atoms with Crippen molar-refractivity contribution in [1.29, 1.82) is 0 Å². The standard InChI is InChI=1S/C33H39N3O6/c1-6-19-36(31(40)27(35-32(41)42-33(3,4)5)20-23-15-17-25(37)18-16-23)28(26-14-10-11-22(2)29(26)38)30(39)34-21-24-12-8-7-9-13-24/h6-18,27-28,37-38H,1,19-21H2,2-5H3,(H,34,39)(H,35,41). The van der Waals surface area contributed by atoms with E-state index < -0.39 is 35.6 Å². The highest BCUT2D eigenvalue weighted by atomic mass is 16.6. The van der Waals surface area contributed by atoms with Gasteiger partial charge in [0.05, 0.1) is 0 Å². The van der Waals surface area contributed by atoms with Crippen LogP contribution in [0.15, 0.2) is 85.5 Å². The molecule has 0 saturated heterocycles. The number of phenols is 2. The SMILES string of the molecule is C=CCN(C(=O)C(Cc1ccc(O)cc1)NC(=O)OC(C)(C)C)C(C(=O)NCc1ccccc1)c1cccc(C)c1O. The van der Waals surface area contributed by atoms with Crippen molar-refractivity contribution >= 4 is 17.9 Å². The molecule has 0 bridgehead atoms. The summed E-state index contributed by atoms with van der Waals surface area (Å²) in [7, 11) is 0. The van der Waals surface area contributed by atoms with Gasteiger partial charge in [-0.1, -0.05) is 66.7 Å². The molecule has 222 valence electrons. The Morgan fingerprint density at radius 3 is 2.24 bits per heavy atom. The van der Waals surface area contributed by atoms with Gasteiger partial charge in [0, 0.05) is 25.1 Å². The minimum atomic E-state index is -1.25. The lowest BCUT2D eigenvalue weighted by Crippen LogP contribution is -2.53. The first-order valence-corrected chi connectivity index (χ1v) is 13.7. The average Bonchev–Trinajstić information content (AvgIpc) is 2.93. The molecule has 0 fully saturated rings. The number of amides is 3. The van der Waals surface area contributed by atoms with Gasteiger partial charge in [-0.2, -0.15) is 0 Å². The van der Waals surface area contributed by atoms with Gasteiger partial charge in [0.15, 0.2) is 0 Å². The van der Waals surface area contributed by atoms with Crippen LogP contribution in [-0.2, 0) is 27.3 Å². The van der Waals surface area contributed by atoms with Gasteiger partial charge < -0.3 is 30.5 Å². The van der Waals surface area contributed by atoms with Gasteiger partial charge in [0.2, 0.25) is 11.8 Å².